The molecule has 3 nitrogen and oxygen atoms in total. The van der Waals surface area contributed by atoms with E-state index < -0.39 is 0 Å². The number of halogens is 1. The zero-order valence-corrected chi connectivity index (χ0v) is 13.6. The number of benzene rings is 2. The van der Waals surface area contributed by atoms with Gasteiger partial charge in [0.05, 0.1) is 11.3 Å². The topological polar surface area (TPSA) is 34.9 Å². The lowest BCUT2D eigenvalue weighted by Crippen LogP contribution is -1.97. The zero-order chi connectivity index (χ0) is 14.8. The third-order valence-electron chi connectivity index (χ3n) is 3.35. The summed E-state index contributed by atoms with van der Waals surface area (Å²) in [6.45, 7) is 2.03. The van der Waals surface area contributed by atoms with Gasteiger partial charge in [0.15, 0.2) is 6.29 Å². The third kappa shape index (κ3) is 2.76. The van der Waals surface area contributed by atoms with Crippen LogP contribution in [0.4, 0.5) is 0 Å². The summed E-state index contributed by atoms with van der Waals surface area (Å²) in [5, 5.41) is 4.59. The maximum atomic E-state index is 11.3. The largest absolute Gasteiger partial charge is 0.298 e. The van der Waals surface area contributed by atoms with Crippen LogP contribution in [0.25, 0.3) is 16.9 Å². The van der Waals surface area contributed by atoms with Gasteiger partial charge >= 0.3 is 0 Å². The molecule has 0 bridgehead atoms. The van der Waals surface area contributed by atoms with Crippen molar-refractivity contribution in [3.63, 3.8) is 0 Å². The first-order valence-corrected chi connectivity index (χ1v) is 7.63. The van der Waals surface area contributed by atoms with Crippen molar-refractivity contribution in [2.24, 2.45) is 0 Å². The Bertz CT molecular complexity index is 791. The summed E-state index contributed by atoms with van der Waals surface area (Å²) in [6.07, 6.45) is 2.64. The number of nitrogens with zero attached hydrogens (tertiary/aromatic N) is 2. The fraction of sp³-hybridized carbons (Fsp3) is 0.0588. The maximum Gasteiger partial charge on any atom is 0.153 e. The normalized spacial score (nSPS) is 10.6. The van der Waals surface area contributed by atoms with Gasteiger partial charge < -0.3 is 0 Å². The van der Waals surface area contributed by atoms with Crippen LogP contribution in [0.15, 0.2) is 54.7 Å². The maximum absolute atomic E-state index is 11.3. The number of aryl methyl sites for hydroxylation is 1. The van der Waals surface area contributed by atoms with E-state index in [0.717, 1.165) is 26.7 Å². The Morgan fingerprint density at radius 2 is 1.81 bits per heavy atom. The first-order valence-electron chi connectivity index (χ1n) is 6.56. The van der Waals surface area contributed by atoms with Gasteiger partial charge in [-0.3, -0.25) is 4.79 Å². The molecule has 0 amide bonds. The molecule has 0 aliphatic rings. The van der Waals surface area contributed by atoms with E-state index in [1.165, 1.54) is 0 Å². The molecule has 3 rings (SSSR count). The summed E-state index contributed by atoms with van der Waals surface area (Å²) in [5.74, 6) is 0. The minimum absolute atomic E-state index is 0.597. The molecule has 0 radical (unpaired) electrons. The summed E-state index contributed by atoms with van der Waals surface area (Å²) in [6, 6.07) is 16.0. The lowest BCUT2D eigenvalue weighted by atomic mass is 10.1. The average Bonchev–Trinajstić information content (AvgIpc) is 2.92. The Kier molecular flexibility index (Phi) is 3.88. The van der Waals surface area contributed by atoms with Gasteiger partial charge in [-0.15, -0.1) is 0 Å². The zero-order valence-electron chi connectivity index (χ0n) is 11.5. The van der Waals surface area contributed by atoms with E-state index in [0.29, 0.717) is 11.3 Å². The van der Waals surface area contributed by atoms with Gasteiger partial charge in [0.2, 0.25) is 0 Å². The minimum Gasteiger partial charge on any atom is -0.298 e. The summed E-state index contributed by atoms with van der Waals surface area (Å²) in [4.78, 5) is 11.3. The molecular formula is C17H13IN2O. The second kappa shape index (κ2) is 5.81. The number of aldehydes is 1. The first-order chi connectivity index (χ1) is 10.2. The van der Waals surface area contributed by atoms with Crippen molar-refractivity contribution < 1.29 is 4.79 Å². The molecule has 21 heavy (non-hydrogen) atoms. The Morgan fingerprint density at radius 3 is 2.48 bits per heavy atom. The van der Waals surface area contributed by atoms with Crippen LogP contribution in [-0.2, 0) is 0 Å². The Balaban J connectivity index is 2.13. The van der Waals surface area contributed by atoms with E-state index in [2.05, 4.69) is 27.7 Å². The Morgan fingerprint density at radius 1 is 1.10 bits per heavy atom. The number of aromatic nitrogens is 2. The van der Waals surface area contributed by atoms with Crippen molar-refractivity contribution in [1.29, 1.82) is 0 Å². The van der Waals surface area contributed by atoms with Crippen LogP contribution in [0.2, 0.25) is 0 Å². The van der Waals surface area contributed by atoms with Crippen LogP contribution >= 0.6 is 22.6 Å². The Hall–Kier alpha value is -1.95. The van der Waals surface area contributed by atoms with E-state index in [-0.39, 0.29) is 0 Å². The SMILES string of the molecule is Cc1ccccc1-n1cc(C=O)c(-c2ccc(I)cc2)n1. The molecule has 2 aromatic carbocycles. The van der Waals surface area contributed by atoms with Crippen molar-refractivity contribution in [3.05, 3.63) is 69.4 Å². The van der Waals surface area contributed by atoms with E-state index in [1.807, 2.05) is 55.5 Å². The van der Waals surface area contributed by atoms with Crippen LogP contribution in [-0.4, -0.2) is 16.1 Å². The highest BCUT2D eigenvalue weighted by molar-refractivity contribution is 14.1. The molecule has 0 N–H and O–H groups in total. The van der Waals surface area contributed by atoms with E-state index >= 15 is 0 Å². The average molecular weight is 388 g/mol. The standard InChI is InChI=1S/C17H13IN2O/c1-12-4-2-3-5-16(12)20-10-14(11-21)17(19-20)13-6-8-15(18)9-7-13/h2-11H,1H3. The number of carbonyl (C=O) groups is 1. The minimum atomic E-state index is 0.597. The van der Waals surface area contributed by atoms with E-state index in [9.17, 15) is 4.79 Å². The molecule has 0 unspecified atom stereocenters. The number of carbonyl (C=O) groups excluding carboxylic acids is 1. The third-order valence-corrected chi connectivity index (χ3v) is 4.07. The molecule has 0 fully saturated rings. The van der Waals surface area contributed by atoms with Crippen molar-refractivity contribution in [1.82, 2.24) is 9.78 Å². The van der Waals surface area contributed by atoms with Crippen molar-refractivity contribution in [2.75, 3.05) is 0 Å². The van der Waals surface area contributed by atoms with Gasteiger partial charge in [0, 0.05) is 15.3 Å². The van der Waals surface area contributed by atoms with Gasteiger partial charge in [0.25, 0.3) is 0 Å². The highest BCUT2D eigenvalue weighted by atomic mass is 127. The van der Waals surface area contributed by atoms with Crippen molar-refractivity contribution >= 4 is 28.9 Å². The monoisotopic (exact) mass is 388 g/mol. The molecule has 0 aliphatic carbocycles. The smallest absolute Gasteiger partial charge is 0.153 e. The molecule has 0 spiro atoms. The van der Waals surface area contributed by atoms with Crippen molar-refractivity contribution in [2.45, 2.75) is 6.92 Å². The highest BCUT2D eigenvalue weighted by Gasteiger charge is 2.12. The summed E-state index contributed by atoms with van der Waals surface area (Å²) >= 11 is 2.26. The molecule has 104 valence electrons. The summed E-state index contributed by atoms with van der Waals surface area (Å²) in [5.41, 5.74) is 4.36. The van der Waals surface area contributed by atoms with Crippen molar-refractivity contribution in [3.8, 4) is 16.9 Å². The lowest BCUT2D eigenvalue weighted by molar-refractivity contribution is 0.112. The van der Waals surface area contributed by atoms with Gasteiger partial charge in [0.1, 0.15) is 5.69 Å². The van der Waals surface area contributed by atoms with E-state index in [4.69, 9.17) is 0 Å². The second-order valence-electron chi connectivity index (χ2n) is 4.79. The molecular weight excluding hydrogens is 375 g/mol. The number of hydrogen-bond acceptors (Lipinski definition) is 2. The molecule has 0 atom stereocenters. The van der Waals surface area contributed by atoms with Gasteiger partial charge in [-0.2, -0.15) is 5.10 Å². The number of rotatable bonds is 3. The van der Waals surface area contributed by atoms with E-state index in [1.54, 1.807) is 10.9 Å². The van der Waals surface area contributed by atoms with Gasteiger partial charge in [-0.1, -0.05) is 30.3 Å². The fourth-order valence-corrected chi connectivity index (χ4v) is 2.61. The lowest BCUT2D eigenvalue weighted by Gasteiger charge is -2.04. The van der Waals surface area contributed by atoms with Gasteiger partial charge in [-0.25, -0.2) is 4.68 Å². The Labute approximate surface area is 136 Å². The predicted molar refractivity (Wildman–Crippen MR) is 91.8 cm³/mol. The molecule has 1 heterocycles. The highest BCUT2D eigenvalue weighted by Crippen LogP contribution is 2.24. The first kappa shape index (κ1) is 14.0. The van der Waals surface area contributed by atoms with Crippen LogP contribution in [0.5, 0.6) is 0 Å². The number of hydrogen-bond donors (Lipinski definition) is 0. The molecule has 0 aliphatic heterocycles. The molecule has 0 saturated heterocycles. The van der Waals surface area contributed by atoms with Gasteiger partial charge in [-0.05, 0) is 53.3 Å². The molecule has 1 aromatic heterocycles. The quantitative estimate of drug-likeness (QED) is 0.496. The second-order valence-corrected chi connectivity index (χ2v) is 6.03. The van der Waals surface area contributed by atoms with Crippen LogP contribution in [0.3, 0.4) is 0 Å². The van der Waals surface area contributed by atoms with Crippen LogP contribution < -0.4 is 0 Å². The molecule has 3 aromatic rings. The molecule has 4 heteroatoms. The summed E-state index contributed by atoms with van der Waals surface area (Å²) < 4.78 is 2.93. The van der Waals surface area contributed by atoms with Crippen LogP contribution in [0, 0.1) is 10.5 Å². The molecule has 0 saturated carbocycles. The number of para-hydroxylation sites is 1. The fourth-order valence-electron chi connectivity index (χ4n) is 2.25. The van der Waals surface area contributed by atoms with Crippen LogP contribution in [0.1, 0.15) is 15.9 Å². The summed E-state index contributed by atoms with van der Waals surface area (Å²) in [7, 11) is 0. The predicted octanol–water partition coefficient (Wildman–Crippen LogP) is 4.26.